The normalized spacial score (nSPS) is 12.5. The molecular weight excluding hydrogens is 482 g/mol. The largest absolute Gasteiger partial charge is 0.497 e. The lowest BCUT2D eigenvalue weighted by Crippen LogP contribution is -2.29. The fourth-order valence-electron chi connectivity index (χ4n) is 4.81. The zero-order valence-electron chi connectivity index (χ0n) is 23.6. The third-order valence-corrected chi connectivity index (χ3v) is 6.85. The second-order valence-electron chi connectivity index (χ2n) is 9.80. The van der Waals surface area contributed by atoms with Crippen LogP contribution >= 0.6 is 0 Å². The van der Waals surface area contributed by atoms with E-state index in [1.165, 1.54) is 19.3 Å². The number of hydrogen-bond acceptors (Lipinski definition) is 5. The number of ether oxygens (including phenoxy) is 1. The van der Waals surface area contributed by atoms with E-state index >= 15 is 0 Å². The van der Waals surface area contributed by atoms with Gasteiger partial charge in [0.25, 0.3) is 0 Å². The quantitative estimate of drug-likeness (QED) is 0.118. The van der Waals surface area contributed by atoms with Gasteiger partial charge in [-0.1, -0.05) is 64.1 Å². The molecule has 3 aromatic heterocycles. The molecule has 0 unspecified atom stereocenters. The van der Waals surface area contributed by atoms with Crippen LogP contribution in [0.25, 0.3) is 33.3 Å². The topological polar surface area (TPSA) is 55.5 Å². The Bertz CT molecular complexity index is 1430. The lowest BCUT2D eigenvalue weighted by atomic mass is 10.0. The molecule has 4 aromatic rings. The molecule has 6 heteroatoms. The Balaban J connectivity index is 1.53. The van der Waals surface area contributed by atoms with Crippen molar-refractivity contribution in [2.45, 2.75) is 52.9 Å². The van der Waals surface area contributed by atoms with Crippen LogP contribution in [0.15, 0.2) is 85.7 Å². The van der Waals surface area contributed by atoms with E-state index in [9.17, 15) is 0 Å². The van der Waals surface area contributed by atoms with Crippen molar-refractivity contribution in [3.63, 3.8) is 0 Å². The van der Waals surface area contributed by atoms with Gasteiger partial charge in [-0.15, -0.1) is 0 Å². The predicted molar refractivity (Wildman–Crippen MR) is 162 cm³/mol. The Morgan fingerprint density at radius 3 is 2.64 bits per heavy atom. The molecule has 3 heterocycles. The van der Waals surface area contributed by atoms with E-state index in [-0.39, 0.29) is 0 Å². The molecule has 0 atom stereocenters. The number of hydrogen-bond donors (Lipinski definition) is 0. The molecule has 0 saturated heterocycles. The standard InChI is InChI=1S/C33H41N5O/c1-5-9-20-37(19-7-3)21-22-39-28(12-6-2)17-16-26(8-4)27-23-35-33-31(24-36-38(33)25-27)29-13-10-15-32-30(29)14-11-18-34-32/h8,10-11,13-18,23-25H,4-7,9,12,19-22H2,1-3H3/b26-16+,28-17+. The molecule has 0 aliphatic heterocycles. The van der Waals surface area contributed by atoms with Gasteiger partial charge in [0.15, 0.2) is 5.65 Å². The van der Waals surface area contributed by atoms with Crippen LogP contribution in [0.4, 0.5) is 0 Å². The van der Waals surface area contributed by atoms with Gasteiger partial charge in [-0.3, -0.25) is 9.88 Å². The van der Waals surface area contributed by atoms with Gasteiger partial charge in [-0.25, -0.2) is 9.50 Å². The van der Waals surface area contributed by atoms with E-state index in [4.69, 9.17) is 9.72 Å². The molecule has 39 heavy (non-hydrogen) atoms. The van der Waals surface area contributed by atoms with Crippen molar-refractivity contribution >= 4 is 22.1 Å². The highest BCUT2D eigenvalue weighted by Gasteiger charge is 2.12. The van der Waals surface area contributed by atoms with Gasteiger partial charge in [0, 0.05) is 48.1 Å². The number of aromatic nitrogens is 4. The molecule has 0 saturated carbocycles. The van der Waals surface area contributed by atoms with E-state index in [1.54, 1.807) is 0 Å². The molecule has 0 aliphatic rings. The molecule has 0 aliphatic carbocycles. The fourth-order valence-corrected chi connectivity index (χ4v) is 4.81. The number of fused-ring (bicyclic) bond motifs is 2. The van der Waals surface area contributed by atoms with E-state index in [0.29, 0.717) is 6.61 Å². The van der Waals surface area contributed by atoms with Crippen LogP contribution in [0.1, 0.15) is 58.4 Å². The summed E-state index contributed by atoms with van der Waals surface area (Å²) in [6, 6.07) is 10.2. The Morgan fingerprint density at radius 2 is 1.85 bits per heavy atom. The van der Waals surface area contributed by atoms with Crippen LogP contribution in [0.5, 0.6) is 0 Å². The first-order chi connectivity index (χ1) is 19.2. The maximum Gasteiger partial charge on any atom is 0.162 e. The van der Waals surface area contributed by atoms with E-state index in [0.717, 1.165) is 77.0 Å². The number of pyridine rings is 1. The summed E-state index contributed by atoms with van der Waals surface area (Å²) < 4.78 is 8.07. The number of nitrogens with zero attached hydrogens (tertiary/aromatic N) is 5. The highest BCUT2D eigenvalue weighted by atomic mass is 16.5. The smallest absolute Gasteiger partial charge is 0.162 e. The van der Waals surface area contributed by atoms with Crippen molar-refractivity contribution < 1.29 is 4.74 Å². The van der Waals surface area contributed by atoms with E-state index < -0.39 is 0 Å². The first-order valence-corrected chi connectivity index (χ1v) is 14.2. The Hall–Kier alpha value is -3.77. The van der Waals surface area contributed by atoms with Crippen LogP contribution in [0.2, 0.25) is 0 Å². The number of rotatable bonds is 15. The average Bonchev–Trinajstić information content (AvgIpc) is 3.39. The zero-order chi connectivity index (χ0) is 27.5. The second kappa shape index (κ2) is 14.4. The van der Waals surface area contributed by atoms with Crippen molar-refractivity contribution in [1.29, 1.82) is 0 Å². The van der Waals surface area contributed by atoms with E-state index in [1.807, 2.05) is 53.6 Å². The molecule has 0 N–H and O–H groups in total. The van der Waals surface area contributed by atoms with E-state index in [2.05, 4.69) is 66.6 Å². The maximum absolute atomic E-state index is 6.23. The van der Waals surface area contributed by atoms with Crippen molar-refractivity contribution in [2.75, 3.05) is 26.2 Å². The molecule has 204 valence electrons. The molecule has 0 bridgehead atoms. The molecule has 0 radical (unpaired) electrons. The lowest BCUT2D eigenvalue weighted by Gasteiger charge is -2.22. The fraction of sp³-hybridized carbons (Fsp3) is 0.364. The van der Waals surface area contributed by atoms with Gasteiger partial charge in [-0.05, 0) is 61.7 Å². The van der Waals surface area contributed by atoms with Crippen molar-refractivity contribution in [3.05, 3.63) is 91.2 Å². The number of unbranched alkanes of at least 4 members (excludes halogenated alkanes) is 1. The summed E-state index contributed by atoms with van der Waals surface area (Å²) in [6.07, 6.45) is 19.2. The minimum atomic E-state index is 0.708. The van der Waals surface area contributed by atoms with Gasteiger partial charge >= 0.3 is 0 Å². The monoisotopic (exact) mass is 523 g/mol. The molecule has 1 aromatic carbocycles. The molecule has 0 fully saturated rings. The SMILES string of the molecule is C=C/C(=C\C=C(/CCC)OCCN(CCC)CCCC)c1cnc2c(-c3cccc4ncccc34)cnn2c1. The van der Waals surface area contributed by atoms with Gasteiger partial charge in [-0.2, -0.15) is 5.10 Å². The summed E-state index contributed by atoms with van der Waals surface area (Å²) in [5, 5.41) is 5.71. The first-order valence-electron chi connectivity index (χ1n) is 14.2. The summed E-state index contributed by atoms with van der Waals surface area (Å²) in [6.45, 7) is 14.6. The minimum absolute atomic E-state index is 0.708. The third kappa shape index (κ3) is 7.21. The maximum atomic E-state index is 6.23. The van der Waals surface area contributed by atoms with Crippen LogP contribution in [0, 0.1) is 0 Å². The molecule has 6 nitrogen and oxygen atoms in total. The van der Waals surface area contributed by atoms with Gasteiger partial charge in [0.1, 0.15) is 6.61 Å². The molecule has 0 amide bonds. The lowest BCUT2D eigenvalue weighted by molar-refractivity contribution is 0.150. The third-order valence-electron chi connectivity index (χ3n) is 6.85. The number of allylic oxidation sites excluding steroid dienone is 5. The Morgan fingerprint density at radius 1 is 0.949 bits per heavy atom. The predicted octanol–water partition coefficient (Wildman–Crippen LogP) is 7.73. The van der Waals surface area contributed by atoms with Crippen LogP contribution in [-0.4, -0.2) is 50.7 Å². The number of benzene rings is 1. The molecule has 0 spiro atoms. The second-order valence-corrected chi connectivity index (χ2v) is 9.80. The first kappa shape index (κ1) is 28.2. The van der Waals surface area contributed by atoms with Crippen LogP contribution in [0.3, 0.4) is 0 Å². The molecular formula is C33H41N5O. The highest BCUT2D eigenvalue weighted by Crippen LogP contribution is 2.30. The van der Waals surface area contributed by atoms with Crippen LogP contribution in [-0.2, 0) is 4.74 Å². The summed E-state index contributed by atoms with van der Waals surface area (Å²) in [5.41, 5.74) is 5.75. The average molecular weight is 524 g/mol. The van der Waals surface area contributed by atoms with Crippen molar-refractivity contribution in [1.82, 2.24) is 24.5 Å². The summed E-state index contributed by atoms with van der Waals surface area (Å²) in [5.74, 6) is 1.00. The van der Waals surface area contributed by atoms with Crippen molar-refractivity contribution in [3.8, 4) is 11.1 Å². The summed E-state index contributed by atoms with van der Waals surface area (Å²) in [4.78, 5) is 11.8. The van der Waals surface area contributed by atoms with Gasteiger partial charge < -0.3 is 4.74 Å². The Kier molecular flexibility index (Phi) is 10.4. The zero-order valence-corrected chi connectivity index (χ0v) is 23.6. The van der Waals surface area contributed by atoms with Crippen LogP contribution < -0.4 is 0 Å². The summed E-state index contributed by atoms with van der Waals surface area (Å²) in [7, 11) is 0. The Labute approximate surface area is 232 Å². The minimum Gasteiger partial charge on any atom is -0.497 e. The highest BCUT2D eigenvalue weighted by molar-refractivity contribution is 5.97. The van der Waals surface area contributed by atoms with Gasteiger partial charge in [0.05, 0.1) is 17.5 Å². The molecule has 4 rings (SSSR count). The summed E-state index contributed by atoms with van der Waals surface area (Å²) >= 11 is 0. The van der Waals surface area contributed by atoms with Gasteiger partial charge in [0.2, 0.25) is 0 Å². The van der Waals surface area contributed by atoms with Crippen molar-refractivity contribution in [2.24, 2.45) is 0 Å².